The van der Waals surface area contributed by atoms with Crippen molar-refractivity contribution in [2.24, 2.45) is 17.6 Å². The van der Waals surface area contributed by atoms with Gasteiger partial charge in [0.05, 0.1) is 0 Å². The fourth-order valence-corrected chi connectivity index (χ4v) is 1.97. The van der Waals surface area contributed by atoms with Crippen LogP contribution in [0.3, 0.4) is 0 Å². The lowest BCUT2D eigenvalue weighted by molar-refractivity contribution is -0.125. The molecular weight excluding hydrogens is 152 g/mol. The van der Waals surface area contributed by atoms with Gasteiger partial charge < -0.3 is 11.1 Å². The Morgan fingerprint density at radius 1 is 1.58 bits per heavy atom. The van der Waals surface area contributed by atoms with Crippen molar-refractivity contribution in [1.82, 2.24) is 5.32 Å². The van der Waals surface area contributed by atoms with Crippen molar-refractivity contribution >= 4 is 5.91 Å². The van der Waals surface area contributed by atoms with Crippen LogP contribution in [-0.2, 0) is 4.79 Å². The van der Waals surface area contributed by atoms with E-state index in [2.05, 4.69) is 5.32 Å². The Morgan fingerprint density at radius 3 is 2.92 bits per heavy atom. The van der Waals surface area contributed by atoms with Crippen LogP contribution >= 0.6 is 0 Å². The van der Waals surface area contributed by atoms with Gasteiger partial charge in [-0.1, -0.05) is 6.42 Å². The monoisotopic (exact) mass is 170 g/mol. The van der Waals surface area contributed by atoms with Gasteiger partial charge in [0.25, 0.3) is 0 Å². The zero-order chi connectivity index (χ0) is 8.97. The molecule has 0 aliphatic heterocycles. The molecule has 12 heavy (non-hydrogen) atoms. The Hall–Kier alpha value is -0.570. The van der Waals surface area contributed by atoms with Crippen molar-refractivity contribution in [2.45, 2.75) is 26.2 Å². The fourth-order valence-electron chi connectivity index (χ4n) is 1.97. The molecule has 3 nitrogen and oxygen atoms in total. The lowest BCUT2D eigenvalue weighted by Crippen LogP contribution is -2.34. The molecule has 70 valence electrons. The summed E-state index contributed by atoms with van der Waals surface area (Å²) in [4.78, 5) is 11.4. The summed E-state index contributed by atoms with van der Waals surface area (Å²) < 4.78 is 0. The number of carbonyl (C=O) groups is 1. The molecular formula is C9H18N2O. The molecule has 1 saturated carbocycles. The normalized spacial score (nSPS) is 28.8. The van der Waals surface area contributed by atoms with E-state index in [1.165, 1.54) is 0 Å². The highest BCUT2D eigenvalue weighted by Gasteiger charge is 2.31. The number of hydrogen-bond acceptors (Lipinski definition) is 2. The largest absolute Gasteiger partial charge is 0.356 e. The van der Waals surface area contributed by atoms with Gasteiger partial charge in [0.15, 0.2) is 0 Å². The summed E-state index contributed by atoms with van der Waals surface area (Å²) in [7, 11) is 0. The van der Waals surface area contributed by atoms with E-state index in [0.717, 1.165) is 25.8 Å². The van der Waals surface area contributed by atoms with Crippen LogP contribution in [-0.4, -0.2) is 19.0 Å². The number of amides is 1. The Kier molecular flexibility index (Phi) is 3.53. The second kappa shape index (κ2) is 4.45. The SMILES string of the molecule is CCNC(=O)[C@@H]1CCC[C@@H]1CN. The molecule has 3 heteroatoms. The molecule has 0 heterocycles. The Bertz CT molecular complexity index is 159. The van der Waals surface area contributed by atoms with Crippen LogP contribution in [0.2, 0.25) is 0 Å². The van der Waals surface area contributed by atoms with E-state index < -0.39 is 0 Å². The molecule has 0 unspecified atom stereocenters. The molecule has 0 spiro atoms. The van der Waals surface area contributed by atoms with Gasteiger partial charge in [-0.05, 0) is 32.2 Å². The fraction of sp³-hybridized carbons (Fsp3) is 0.889. The van der Waals surface area contributed by atoms with Gasteiger partial charge in [-0.3, -0.25) is 4.79 Å². The van der Waals surface area contributed by atoms with Crippen molar-refractivity contribution in [2.75, 3.05) is 13.1 Å². The summed E-state index contributed by atoms with van der Waals surface area (Å²) in [5, 5.41) is 2.86. The molecule has 1 rings (SSSR count). The molecule has 2 atom stereocenters. The summed E-state index contributed by atoms with van der Waals surface area (Å²) in [6.45, 7) is 3.33. The topological polar surface area (TPSA) is 55.1 Å². The summed E-state index contributed by atoms with van der Waals surface area (Å²) >= 11 is 0. The predicted molar refractivity (Wildman–Crippen MR) is 48.6 cm³/mol. The van der Waals surface area contributed by atoms with E-state index in [0.29, 0.717) is 12.5 Å². The average molecular weight is 170 g/mol. The van der Waals surface area contributed by atoms with Gasteiger partial charge in [-0.15, -0.1) is 0 Å². The third-order valence-corrected chi connectivity index (χ3v) is 2.65. The Morgan fingerprint density at radius 2 is 2.33 bits per heavy atom. The minimum absolute atomic E-state index is 0.190. The molecule has 0 aromatic rings. The van der Waals surface area contributed by atoms with Crippen molar-refractivity contribution in [3.05, 3.63) is 0 Å². The number of hydrogen-bond donors (Lipinski definition) is 2. The second-order valence-corrected chi connectivity index (χ2v) is 3.43. The quantitative estimate of drug-likeness (QED) is 0.648. The third kappa shape index (κ3) is 1.97. The maximum absolute atomic E-state index is 11.4. The van der Waals surface area contributed by atoms with E-state index in [1.54, 1.807) is 0 Å². The highest BCUT2D eigenvalue weighted by atomic mass is 16.1. The lowest BCUT2D eigenvalue weighted by atomic mass is 9.95. The van der Waals surface area contributed by atoms with Crippen LogP contribution < -0.4 is 11.1 Å². The first-order valence-corrected chi connectivity index (χ1v) is 4.77. The molecule has 0 saturated heterocycles. The van der Waals surface area contributed by atoms with Crippen molar-refractivity contribution in [1.29, 1.82) is 0 Å². The Labute approximate surface area is 73.7 Å². The molecule has 1 amide bonds. The zero-order valence-electron chi connectivity index (χ0n) is 7.68. The van der Waals surface area contributed by atoms with Crippen LogP contribution in [0.5, 0.6) is 0 Å². The minimum atomic E-state index is 0.190. The van der Waals surface area contributed by atoms with Gasteiger partial charge in [-0.2, -0.15) is 0 Å². The van der Waals surface area contributed by atoms with Crippen molar-refractivity contribution in [3.8, 4) is 0 Å². The van der Waals surface area contributed by atoms with Crippen molar-refractivity contribution < 1.29 is 4.79 Å². The molecule has 0 radical (unpaired) electrons. The standard InChI is InChI=1S/C9H18N2O/c1-2-11-9(12)8-5-3-4-7(8)6-10/h7-8H,2-6,10H2,1H3,(H,11,12)/t7-,8-/m1/s1. The van der Waals surface area contributed by atoms with Crippen LogP contribution in [0.15, 0.2) is 0 Å². The first-order valence-electron chi connectivity index (χ1n) is 4.77. The van der Waals surface area contributed by atoms with Gasteiger partial charge in [0, 0.05) is 12.5 Å². The van der Waals surface area contributed by atoms with Gasteiger partial charge in [-0.25, -0.2) is 0 Å². The van der Waals surface area contributed by atoms with E-state index in [9.17, 15) is 4.79 Å². The maximum Gasteiger partial charge on any atom is 0.223 e. The summed E-state index contributed by atoms with van der Waals surface area (Å²) in [6, 6.07) is 0. The van der Waals surface area contributed by atoms with Crippen LogP contribution in [0.4, 0.5) is 0 Å². The molecule has 1 aliphatic rings. The van der Waals surface area contributed by atoms with Gasteiger partial charge in [0.2, 0.25) is 5.91 Å². The number of rotatable bonds is 3. The minimum Gasteiger partial charge on any atom is -0.356 e. The maximum atomic E-state index is 11.4. The Balaban J connectivity index is 2.43. The number of carbonyl (C=O) groups excluding carboxylic acids is 1. The first-order chi connectivity index (χ1) is 5.79. The van der Waals surface area contributed by atoms with Crippen molar-refractivity contribution in [3.63, 3.8) is 0 Å². The summed E-state index contributed by atoms with van der Waals surface area (Å²) in [5.41, 5.74) is 5.58. The van der Waals surface area contributed by atoms with Crippen LogP contribution in [0.25, 0.3) is 0 Å². The highest BCUT2D eigenvalue weighted by molar-refractivity contribution is 5.79. The first kappa shape index (κ1) is 9.52. The molecule has 0 aromatic heterocycles. The van der Waals surface area contributed by atoms with E-state index in [4.69, 9.17) is 5.73 Å². The van der Waals surface area contributed by atoms with Gasteiger partial charge >= 0.3 is 0 Å². The third-order valence-electron chi connectivity index (χ3n) is 2.65. The van der Waals surface area contributed by atoms with Crippen LogP contribution in [0.1, 0.15) is 26.2 Å². The van der Waals surface area contributed by atoms with E-state index >= 15 is 0 Å². The molecule has 0 bridgehead atoms. The summed E-state index contributed by atoms with van der Waals surface area (Å²) in [5.74, 6) is 0.817. The summed E-state index contributed by atoms with van der Waals surface area (Å²) in [6.07, 6.45) is 3.30. The van der Waals surface area contributed by atoms with E-state index in [1.807, 2.05) is 6.92 Å². The second-order valence-electron chi connectivity index (χ2n) is 3.43. The van der Waals surface area contributed by atoms with Gasteiger partial charge in [0.1, 0.15) is 0 Å². The van der Waals surface area contributed by atoms with E-state index in [-0.39, 0.29) is 11.8 Å². The molecule has 1 fully saturated rings. The molecule has 0 aromatic carbocycles. The van der Waals surface area contributed by atoms with Crippen LogP contribution in [0, 0.1) is 11.8 Å². The zero-order valence-corrected chi connectivity index (χ0v) is 7.68. The highest BCUT2D eigenvalue weighted by Crippen LogP contribution is 2.30. The average Bonchev–Trinajstić information content (AvgIpc) is 2.51. The smallest absolute Gasteiger partial charge is 0.223 e. The predicted octanol–water partition coefficient (Wildman–Crippen LogP) is 0.497. The molecule has 3 N–H and O–H groups in total. The molecule has 1 aliphatic carbocycles. The number of nitrogens with one attached hydrogen (secondary N) is 1. The lowest BCUT2D eigenvalue weighted by Gasteiger charge is -2.16. The number of nitrogens with two attached hydrogens (primary N) is 1.